The van der Waals surface area contributed by atoms with Gasteiger partial charge >= 0.3 is 0 Å². The van der Waals surface area contributed by atoms with E-state index in [2.05, 4.69) is 39.6 Å². The van der Waals surface area contributed by atoms with E-state index in [1.54, 1.807) is 0 Å². The summed E-state index contributed by atoms with van der Waals surface area (Å²) in [5, 5.41) is 9.09. The zero-order chi connectivity index (χ0) is 14.5. The molecule has 0 aliphatic rings. The Bertz CT molecular complexity index is 540. The molecular formula is C18H15BrO. The van der Waals surface area contributed by atoms with Crippen molar-refractivity contribution in [1.29, 1.82) is 0 Å². The first kappa shape index (κ1) is 16.1. The highest BCUT2D eigenvalue weighted by atomic mass is 79.9. The van der Waals surface area contributed by atoms with Crippen molar-refractivity contribution >= 4 is 15.9 Å². The lowest BCUT2D eigenvalue weighted by molar-refractivity contribution is 0.350. The van der Waals surface area contributed by atoms with E-state index in [1.165, 1.54) is 0 Å². The number of rotatable bonds is 0. The highest BCUT2D eigenvalue weighted by Crippen LogP contribution is 1.95. The van der Waals surface area contributed by atoms with Crippen molar-refractivity contribution in [2.24, 2.45) is 0 Å². The molecule has 0 aliphatic carbocycles. The quantitative estimate of drug-likeness (QED) is 0.580. The van der Waals surface area contributed by atoms with Crippen LogP contribution in [0.25, 0.3) is 0 Å². The van der Waals surface area contributed by atoms with Crippen LogP contribution >= 0.6 is 15.9 Å². The van der Waals surface area contributed by atoms with E-state index in [0.717, 1.165) is 16.5 Å². The largest absolute Gasteiger partial charge is 0.384 e. The van der Waals surface area contributed by atoms with Crippen molar-refractivity contribution in [3.8, 4) is 23.7 Å². The summed E-state index contributed by atoms with van der Waals surface area (Å²) in [7, 11) is 0. The lowest BCUT2D eigenvalue weighted by Gasteiger charge is -1.84. The molecule has 0 fully saturated rings. The SMILES string of the molecule is BrCC#Cc1ccccc1.OCC#Cc1ccccc1. The maximum absolute atomic E-state index is 8.35. The molecule has 100 valence electrons. The first-order valence-electron chi connectivity index (χ1n) is 6.11. The minimum atomic E-state index is -0.0745. The van der Waals surface area contributed by atoms with Crippen LogP contribution in [-0.2, 0) is 0 Å². The Morgan fingerprint density at radius 2 is 1.20 bits per heavy atom. The van der Waals surface area contributed by atoms with Gasteiger partial charge in [-0.25, -0.2) is 0 Å². The molecule has 0 heterocycles. The van der Waals surface area contributed by atoms with Crippen LogP contribution in [0.1, 0.15) is 11.1 Å². The van der Waals surface area contributed by atoms with Crippen LogP contribution in [0.15, 0.2) is 60.7 Å². The number of hydrogen-bond donors (Lipinski definition) is 1. The van der Waals surface area contributed by atoms with E-state index >= 15 is 0 Å². The minimum absolute atomic E-state index is 0.0745. The Balaban J connectivity index is 0.000000200. The zero-order valence-electron chi connectivity index (χ0n) is 11.0. The van der Waals surface area contributed by atoms with Gasteiger partial charge in [-0.3, -0.25) is 0 Å². The smallest absolute Gasteiger partial charge is 0.104 e. The number of aliphatic hydroxyl groups is 1. The fourth-order valence-corrected chi connectivity index (χ4v) is 1.46. The summed E-state index contributed by atoms with van der Waals surface area (Å²) in [4.78, 5) is 0. The molecule has 0 aliphatic heterocycles. The summed E-state index contributed by atoms with van der Waals surface area (Å²) in [6.07, 6.45) is 0. The van der Waals surface area contributed by atoms with Gasteiger partial charge in [0.2, 0.25) is 0 Å². The predicted octanol–water partition coefficient (Wildman–Crippen LogP) is 3.46. The third kappa shape index (κ3) is 7.44. The Kier molecular flexibility index (Phi) is 8.73. The lowest BCUT2D eigenvalue weighted by atomic mass is 10.2. The summed E-state index contributed by atoms with van der Waals surface area (Å²) in [5.41, 5.74) is 2.01. The van der Waals surface area contributed by atoms with Crippen LogP contribution in [0, 0.1) is 23.7 Å². The third-order valence-electron chi connectivity index (χ3n) is 2.16. The molecular weight excluding hydrogens is 312 g/mol. The van der Waals surface area contributed by atoms with Crippen molar-refractivity contribution in [1.82, 2.24) is 0 Å². The van der Waals surface area contributed by atoms with E-state index in [9.17, 15) is 0 Å². The molecule has 0 atom stereocenters. The molecule has 2 aromatic rings. The monoisotopic (exact) mass is 326 g/mol. The molecule has 0 amide bonds. The van der Waals surface area contributed by atoms with Crippen LogP contribution in [0.5, 0.6) is 0 Å². The van der Waals surface area contributed by atoms with Gasteiger partial charge in [-0.15, -0.1) is 0 Å². The summed E-state index contributed by atoms with van der Waals surface area (Å²) in [5.74, 6) is 11.3. The van der Waals surface area contributed by atoms with Gasteiger partial charge in [0.1, 0.15) is 6.61 Å². The van der Waals surface area contributed by atoms with Gasteiger partial charge in [0.05, 0.1) is 5.33 Å². The topological polar surface area (TPSA) is 20.2 Å². The van der Waals surface area contributed by atoms with Crippen molar-refractivity contribution < 1.29 is 5.11 Å². The normalized spacial score (nSPS) is 8.10. The molecule has 2 aromatic carbocycles. The van der Waals surface area contributed by atoms with Gasteiger partial charge in [-0.2, -0.15) is 0 Å². The summed E-state index contributed by atoms with van der Waals surface area (Å²) in [6, 6.07) is 19.5. The highest BCUT2D eigenvalue weighted by molar-refractivity contribution is 9.09. The molecule has 0 unspecified atom stereocenters. The molecule has 0 aromatic heterocycles. The zero-order valence-corrected chi connectivity index (χ0v) is 12.6. The second-order valence-corrected chi connectivity index (χ2v) is 4.19. The lowest BCUT2D eigenvalue weighted by Crippen LogP contribution is -1.74. The first-order valence-corrected chi connectivity index (χ1v) is 7.23. The Morgan fingerprint density at radius 1 is 0.750 bits per heavy atom. The van der Waals surface area contributed by atoms with Crippen molar-refractivity contribution in [3.05, 3.63) is 71.8 Å². The number of aliphatic hydroxyl groups excluding tert-OH is 1. The highest BCUT2D eigenvalue weighted by Gasteiger charge is 1.79. The molecule has 0 saturated carbocycles. The predicted molar refractivity (Wildman–Crippen MR) is 87.5 cm³/mol. The maximum atomic E-state index is 8.35. The summed E-state index contributed by atoms with van der Waals surface area (Å²) >= 11 is 3.23. The molecule has 1 N–H and O–H groups in total. The van der Waals surface area contributed by atoms with Gasteiger partial charge < -0.3 is 5.11 Å². The Hall–Kier alpha value is -2.00. The fraction of sp³-hybridized carbons (Fsp3) is 0.111. The standard InChI is InChI=1S/C9H7Br.C9H8O/c2*10-8-4-7-9-5-2-1-3-6-9/h1-3,5-6H,8H2;1-3,5-6,10H,8H2. The van der Waals surface area contributed by atoms with Crippen molar-refractivity contribution in [2.75, 3.05) is 11.9 Å². The third-order valence-corrected chi connectivity index (χ3v) is 2.44. The average Bonchev–Trinajstić information content (AvgIpc) is 2.53. The molecule has 2 rings (SSSR count). The van der Waals surface area contributed by atoms with Gasteiger partial charge in [0.15, 0.2) is 0 Å². The van der Waals surface area contributed by atoms with Gasteiger partial charge in [-0.05, 0) is 24.3 Å². The first-order chi connectivity index (χ1) is 9.86. The van der Waals surface area contributed by atoms with Crippen LogP contribution in [0.2, 0.25) is 0 Å². The minimum Gasteiger partial charge on any atom is -0.384 e. The molecule has 20 heavy (non-hydrogen) atoms. The molecule has 0 saturated heterocycles. The van der Waals surface area contributed by atoms with Gasteiger partial charge in [0.25, 0.3) is 0 Å². The number of benzene rings is 2. The summed E-state index contributed by atoms with van der Waals surface area (Å²) < 4.78 is 0. The van der Waals surface area contributed by atoms with E-state index in [-0.39, 0.29) is 6.61 Å². The van der Waals surface area contributed by atoms with Crippen molar-refractivity contribution in [3.63, 3.8) is 0 Å². The molecule has 0 radical (unpaired) electrons. The van der Waals surface area contributed by atoms with E-state index in [1.807, 2.05) is 60.7 Å². The molecule has 0 bridgehead atoms. The van der Waals surface area contributed by atoms with Crippen LogP contribution in [0.4, 0.5) is 0 Å². The van der Waals surface area contributed by atoms with E-state index in [4.69, 9.17) is 5.11 Å². The average molecular weight is 327 g/mol. The number of halogens is 1. The second-order valence-electron chi connectivity index (χ2n) is 3.63. The van der Waals surface area contributed by atoms with Gasteiger partial charge in [0, 0.05) is 11.1 Å². The number of alkyl halides is 1. The van der Waals surface area contributed by atoms with Gasteiger partial charge in [-0.1, -0.05) is 76.0 Å². The van der Waals surface area contributed by atoms with Crippen LogP contribution in [-0.4, -0.2) is 17.0 Å². The Morgan fingerprint density at radius 3 is 1.60 bits per heavy atom. The van der Waals surface area contributed by atoms with Crippen molar-refractivity contribution in [2.45, 2.75) is 0 Å². The fourth-order valence-electron chi connectivity index (χ4n) is 1.32. The Labute approximate surface area is 128 Å². The van der Waals surface area contributed by atoms with E-state index < -0.39 is 0 Å². The van der Waals surface area contributed by atoms with Crippen LogP contribution in [0.3, 0.4) is 0 Å². The maximum Gasteiger partial charge on any atom is 0.104 e. The van der Waals surface area contributed by atoms with Crippen LogP contribution < -0.4 is 0 Å². The summed E-state index contributed by atoms with van der Waals surface area (Å²) in [6.45, 7) is -0.0745. The van der Waals surface area contributed by atoms with E-state index in [0.29, 0.717) is 0 Å². The second kappa shape index (κ2) is 10.9. The molecule has 2 heteroatoms. The molecule has 0 spiro atoms. The number of hydrogen-bond acceptors (Lipinski definition) is 1. The molecule has 1 nitrogen and oxygen atoms in total.